The number of hydrogen-bond donors (Lipinski definition) is 2. The standard InChI is InChI=1S/C27H35FN2O/c1-17(2)29-26-12-11-21(16-25(26)28)24-15-18(3)22(13-19(24)4)14-20(5)27(31)30-23-9-7-6-8-10-23/h11-17,23,29H,6-10H2,1-5H3,(H,30,31)/b20-14+. The van der Waals surface area contributed by atoms with Gasteiger partial charge < -0.3 is 10.6 Å². The van der Waals surface area contributed by atoms with Crippen molar-refractivity contribution < 1.29 is 9.18 Å². The van der Waals surface area contributed by atoms with E-state index in [1.54, 1.807) is 12.1 Å². The average Bonchev–Trinajstić information content (AvgIpc) is 2.72. The number of amides is 1. The molecule has 0 bridgehead atoms. The normalized spacial score (nSPS) is 15.3. The summed E-state index contributed by atoms with van der Waals surface area (Å²) >= 11 is 0. The van der Waals surface area contributed by atoms with Crippen molar-refractivity contribution in [3.05, 3.63) is 58.4 Å². The highest BCUT2D eigenvalue weighted by molar-refractivity contribution is 5.97. The van der Waals surface area contributed by atoms with Crippen molar-refractivity contribution in [2.75, 3.05) is 5.32 Å². The Morgan fingerprint density at radius 3 is 2.42 bits per heavy atom. The van der Waals surface area contributed by atoms with E-state index in [9.17, 15) is 9.18 Å². The highest BCUT2D eigenvalue weighted by Gasteiger charge is 2.17. The number of aryl methyl sites for hydroxylation is 2. The van der Waals surface area contributed by atoms with E-state index < -0.39 is 0 Å². The molecular weight excluding hydrogens is 387 g/mol. The van der Waals surface area contributed by atoms with Crippen LogP contribution in [0.25, 0.3) is 17.2 Å². The molecule has 2 aromatic carbocycles. The van der Waals surface area contributed by atoms with Gasteiger partial charge >= 0.3 is 0 Å². The van der Waals surface area contributed by atoms with Crippen molar-refractivity contribution in [3.63, 3.8) is 0 Å². The first kappa shape index (κ1) is 23.1. The number of anilines is 1. The molecule has 1 saturated carbocycles. The molecule has 2 aromatic rings. The van der Waals surface area contributed by atoms with Crippen LogP contribution in [0, 0.1) is 19.7 Å². The quantitative estimate of drug-likeness (QED) is 0.504. The van der Waals surface area contributed by atoms with Gasteiger partial charge in [-0.05, 0) is 93.5 Å². The Kier molecular flexibility index (Phi) is 7.53. The number of carbonyl (C=O) groups is 1. The van der Waals surface area contributed by atoms with E-state index in [4.69, 9.17) is 0 Å². The molecule has 3 rings (SSSR count). The molecule has 0 aliphatic heterocycles. The third-order valence-corrected chi connectivity index (χ3v) is 6.01. The molecule has 0 atom stereocenters. The maximum Gasteiger partial charge on any atom is 0.247 e. The average molecular weight is 423 g/mol. The minimum absolute atomic E-state index is 0.0170. The molecule has 3 nitrogen and oxygen atoms in total. The van der Waals surface area contributed by atoms with Crippen LogP contribution in [0.4, 0.5) is 10.1 Å². The van der Waals surface area contributed by atoms with Crippen LogP contribution in [0.5, 0.6) is 0 Å². The van der Waals surface area contributed by atoms with Gasteiger partial charge in [0.05, 0.1) is 5.69 Å². The van der Waals surface area contributed by atoms with Crippen LogP contribution in [-0.4, -0.2) is 18.0 Å². The Morgan fingerprint density at radius 2 is 1.77 bits per heavy atom. The van der Waals surface area contributed by atoms with Crippen molar-refractivity contribution in [2.24, 2.45) is 0 Å². The van der Waals surface area contributed by atoms with Crippen LogP contribution >= 0.6 is 0 Å². The third kappa shape index (κ3) is 5.96. The van der Waals surface area contributed by atoms with Crippen LogP contribution in [0.3, 0.4) is 0 Å². The van der Waals surface area contributed by atoms with Gasteiger partial charge in [-0.2, -0.15) is 0 Å². The molecule has 4 heteroatoms. The topological polar surface area (TPSA) is 41.1 Å². The lowest BCUT2D eigenvalue weighted by atomic mass is 9.93. The maximum atomic E-state index is 14.5. The predicted octanol–water partition coefficient (Wildman–Crippen LogP) is 6.78. The fraction of sp³-hybridized carbons (Fsp3) is 0.444. The minimum Gasteiger partial charge on any atom is -0.381 e. The first-order valence-corrected chi connectivity index (χ1v) is 11.4. The first-order chi connectivity index (χ1) is 14.7. The molecule has 1 amide bonds. The number of nitrogens with one attached hydrogen (secondary N) is 2. The van der Waals surface area contributed by atoms with Crippen LogP contribution in [0.15, 0.2) is 35.9 Å². The van der Waals surface area contributed by atoms with Crippen molar-refractivity contribution in [2.45, 2.75) is 78.8 Å². The fourth-order valence-electron chi connectivity index (χ4n) is 4.26. The Hall–Kier alpha value is -2.62. The third-order valence-electron chi connectivity index (χ3n) is 6.01. The summed E-state index contributed by atoms with van der Waals surface area (Å²) in [5.74, 6) is -0.231. The summed E-state index contributed by atoms with van der Waals surface area (Å²) in [6, 6.07) is 9.98. The lowest BCUT2D eigenvalue weighted by molar-refractivity contribution is -0.118. The van der Waals surface area contributed by atoms with E-state index in [1.807, 2.05) is 46.8 Å². The van der Waals surface area contributed by atoms with Gasteiger partial charge in [0.2, 0.25) is 5.91 Å². The molecule has 0 unspecified atom stereocenters. The second-order valence-corrected chi connectivity index (χ2v) is 9.15. The van der Waals surface area contributed by atoms with Crippen LogP contribution in [0.1, 0.15) is 69.6 Å². The van der Waals surface area contributed by atoms with Crippen molar-refractivity contribution in [1.29, 1.82) is 0 Å². The Balaban J connectivity index is 1.80. The number of benzene rings is 2. The first-order valence-electron chi connectivity index (χ1n) is 11.4. The van der Waals surface area contributed by atoms with E-state index in [0.717, 1.165) is 46.2 Å². The summed E-state index contributed by atoms with van der Waals surface area (Å²) in [4.78, 5) is 12.6. The van der Waals surface area contributed by atoms with Crippen molar-refractivity contribution in [3.8, 4) is 11.1 Å². The molecule has 1 aliphatic rings. The molecular formula is C27H35FN2O. The Bertz CT molecular complexity index is 971. The summed E-state index contributed by atoms with van der Waals surface area (Å²) < 4.78 is 14.5. The second kappa shape index (κ2) is 10.1. The number of halogens is 1. The summed E-state index contributed by atoms with van der Waals surface area (Å²) in [6.07, 6.45) is 7.78. The highest BCUT2D eigenvalue weighted by Crippen LogP contribution is 2.30. The van der Waals surface area contributed by atoms with E-state index >= 15 is 0 Å². The summed E-state index contributed by atoms with van der Waals surface area (Å²) in [6.45, 7) is 9.92. The van der Waals surface area contributed by atoms with Gasteiger partial charge in [0.25, 0.3) is 0 Å². The van der Waals surface area contributed by atoms with Crippen molar-refractivity contribution >= 4 is 17.7 Å². The Labute approximate surface area is 186 Å². The number of carbonyl (C=O) groups excluding carboxylic acids is 1. The van der Waals surface area contributed by atoms with E-state index in [-0.39, 0.29) is 17.8 Å². The SMILES string of the molecule is C/C(=C\c1cc(C)c(-c2ccc(NC(C)C)c(F)c2)cc1C)C(=O)NC1CCCCC1. The smallest absolute Gasteiger partial charge is 0.247 e. The zero-order valence-electron chi connectivity index (χ0n) is 19.4. The highest BCUT2D eigenvalue weighted by atomic mass is 19.1. The van der Waals surface area contributed by atoms with Gasteiger partial charge in [-0.1, -0.05) is 37.5 Å². The molecule has 0 spiro atoms. The largest absolute Gasteiger partial charge is 0.381 e. The number of rotatable bonds is 6. The van der Waals surface area contributed by atoms with Crippen LogP contribution < -0.4 is 10.6 Å². The molecule has 0 aromatic heterocycles. The van der Waals surface area contributed by atoms with Crippen molar-refractivity contribution in [1.82, 2.24) is 5.32 Å². The molecule has 2 N–H and O–H groups in total. The van der Waals surface area contributed by atoms with Crippen LogP contribution in [-0.2, 0) is 4.79 Å². The minimum atomic E-state index is -0.248. The molecule has 0 heterocycles. The maximum absolute atomic E-state index is 14.5. The zero-order chi connectivity index (χ0) is 22.5. The summed E-state index contributed by atoms with van der Waals surface area (Å²) in [5, 5.41) is 6.31. The number of hydrogen-bond acceptors (Lipinski definition) is 2. The molecule has 1 fully saturated rings. The Morgan fingerprint density at radius 1 is 1.06 bits per heavy atom. The van der Waals surface area contributed by atoms with Gasteiger partial charge in [0.15, 0.2) is 0 Å². The summed E-state index contributed by atoms with van der Waals surface area (Å²) in [5.41, 5.74) is 6.25. The van der Waals surface area contributed by atoms with E-state index in [2.05, 4.69) is 22.8 Å². The van der Waals surface area contributed by atoms with Gasteiger partial charge in [0, 0.05) is 17.7 Å². The lowest BCUT2D eigenvalue weighted by Gasteiger charge is -2.23. The molecule has 1 aliphatic carbocycles. The van der Waals surface area contributed by atoms with Gasteiger partial charge in [-0.25, -0.2) is 4.39 Å². The molecule has 166 valence electrons. The van der Waals surface area contributed by atoms with E-state index in [1.165, 1.54) is 19.3 Å². The zero-order valence-corrected chi connectivity index (χ0v) is 19.4. The van der Waals surface area contributed by atoms with Gasteiger partial charge in [-0.3, -0.25) is 4.79 Å². The fourth-order valence-corrected chi connectivity index (χ4v) is 4.26. The van der Waals surface area contributed by atoms with Gasteiger partial charge in [0.1, 0.15) is 5.82 Å². The molecule has 0 radical (unpaired) electrons. The van der Waals surface area contributed by atoms with E-state index in [0.29, 0.717) is 11.7 Å². The monoisotopic (exact) mass is 422 g/mol. The predicted molar refractivity (Wildman–Crippen MR) is 129 cm³/mol. The summed E-state index contributed by atoms with van der Waals surface area (Å²) in [7, 11) is 0. The second-order valence-electron chi connectivity index (χ2n) is 9.15. The van der Waals surface area contributed by atoms with Gasteiger partial charge in [-0.15, -0.1) is 0 Å². The molecule has 0 saturated heterocycles. The lowest BCUT2D eigenvalue weighted by Crippen LogP contribution is -2.36. The van der Waals surface area contributed by atoms with Crippen LogP contribution in [0.2, 0.25) is 0 Å². The molecule has 31 heavy (non-hydrogen) atoms.